The molecule has 0 bridgehead atoms. The molecule has 11 nitrogen and oxygen atoms in total. The maximum absolute atomic E-state index is 13.9. The number of unbranched alkanes of at least 4 members (excludes halogenated alkanes) is 4. The quantitative estimate of drug-likeness (QED) is 0.0222. The first-order valence-corrected chi connectivity index (χ1v) is 29.2. The third-order valence-corrected chi connectivity index (χ3v) is 17.3. The molecule has 73 heavy (non-hydrogen) atoms. The van der Waals surface area contributed by atoms with E-state index >= 15 is 0 Å². The maximum Gasteiger partial charge on any atom is 0.410 e. The SMILES string of the molecule is C=CCOC(=O)CCC/C=C\CCCC[C@H](CCC)N(CCOC(=O)CCC/C=C\C/C=C\C[C@H](CCC)N(CCO[Si](c1ccccc1)(c1ccccc1)C(C)(C)C)C(=O)OC(C)(C)C)C(=O)OC(C)(C)C. The molecule has 0 unspecified atom stereocenters. The van der Waals surface area contributed by atoms with Gasteiger partial charge in [0.05, 0.1) is 13.2 Å². The summed E-state index contributed by atoms with van der Waals surface area (Å²) in [6.07, 6.45) is 25.9. The number of carbonyl (C=O) groups is 4. The van der Waals surface area contributed by atoms with E-state index in [1.165, 1.54) is 10.4 Å². The number of esters is 2. The van der Waals surface area contributed by atoms with E-state index in [-0.39, 0.29) is 67.4 Å². The van der Waals surface area contributed by atoms with Crippen LogP contribution in [0, 0.1) is 0 Å². The van der Waals surface area contributed by atoms with Crippen molar-refractivity contribution in [1.82, 2.24) is 9.80 Å². The van der Waals surface area contributed by atoms with Crippen molar-refractivity contribution in [3.05, 3.63) is 110 Å². The standard InChI is InChI=1S/C61H96N2O9Si/c1-13-36-51(38-28-22-18-16-20-24-34-44-55(64)68-48-15-3)62(57(66)71-59(4,5)6)46-49-69-56(65)45-35-25-21-17-19-23-29-39-52(37-14-2)63(58(67)72-60(7,8)9)47-50-70-73(61(10,11)12,53-40-30-26-31-41-53)54-42-32-27-33-43-54/h15-17,20-21,23,26-27,29-33,40-43,51-52H,3,13-14,18-19,22,24-25,28,34-39,44-50H2,1-2,4-12H3/b20-16-,21-17-,29-23-/t51-,52-/m0/s1. The van der Waals surface area contributed by atoms with Gasteiger partial charge in [0.2, 0.25) is 0 Å². The minimum atomic E-state index is -2.80. The van der Waals surface area contributed by atoms with E-state index in [4.69, 9.17) is 23.4 Å². The Bertz CT molecular complexity index is 1920. The van der Waals surface area contributed by atoms with E-state index in [1.807, 2.05) is 58.6 Å². The Kier molecular flexibility index (Phi) is 30.4. The molecule has 0 aliphatic heterocycles. The van der Waals surface area contributed by atoms with Crippen LogP contribution in [0.4, 0.5) is 9.59 Å². The molecule has 2 amide bonds. The van der Waals surface area contributed by atoms with Crippen LogP contribution >= 0.6 is 0 Å². The number of ether oxygens (including phenoxy) is 4. The number of allylic oxidation sites excluding steroid dienone is 5. The molecule has 0 radical (unpaired) electrons. The largest absolute Gasteiger partial charge is 0.464 e. The fourth-order valence-electron chi connectivity index (χ4n) is 8.87. The Morgan fingerprint density at radius 1 is 0.575 bits per heavy atom. The molecular formula is C61H96N2O9Si. The second kappa shape index (κ2) is 34.5. The lowest BCUT2D eigenvalue weighted by molar-refractivity contribution is -0.144. The summed E-state index contributed by atoms with van der Waals surface area (Å²) in [5.41, 5.74) is -1.29. The lowest BCUT2D eigenvalue weighted by Crippen LogP contribution is -2.67. The van der Waals surface area contributed by atoms with Crippen molar-refractivity contribution < 1.29 is 42.6 Å². The highest BCUT2D eigenvalue weighted by atomic mass is 28.4. The molecule has 0 saturated heterocycles. The van der Waals surface area contributed by atoms with E-state index in [1.54, 1.807) is 11.0 Å². The molecule has 2 rings (SSSR count). The average molecular weight is 1030 g/mol. The van der Waals surface area contributed by atoms with E-state index in [9.17, 15) is 19.2 Å². The number of nitrogens with zero attached hydrogens (tertiary/aromatic N) is 2. The van der Waals surface area contributed by atoms with Crippen LogP contribution in [-0.2, 0) is 33.0 Å². The normalized spacial score (nSPS) is 13.2. The predicted molar refractivity (Wildman–Crippen MR) is 302 cm³/mol. The summed E-state index contributed by atoms with van der Waals surface area (Å²) in [7, 11) is -2.80. The van der Waals surface area contributed by atoms with E-state index in [0.717, 1.165) is 77.0 Å². The lowest BCUT2D eigenvalue weighted by Gasteiger charge is -2.43. The van der Waals surface area contributed by atoms with Crippen LogP contribution in [-0.4, -0.2) is 98.4 Å². The maximum atomic E-state index is 13.9. The second-order valence-electron chi connectivity index (χ2n) is 21.9. The molecule has 2 atom stereocenters. The van der Waals surface area contributed by atoms with E-state index in [2.05, 4.69) is 126 Å². The average Bonchev–Trinajstić information content (AvgIpc) is 3.32. The van der Waals surface area contributed by atoms with Crippen molar-refractivity contribution in [2.75, 3.05) is 32.9 Å². The summed E-state index contributed by atoms with van der Waals surface area (Å²) in [4.78, 5) is 55.5. The van der Waals surface area contributed by atoms with Gasteiger partial charge in [-0.05, 0) is 128 Å². The van der Waals surface area contributed by atoms with Crippen molar-refractivity contribution in [3.63, 3.8) is 0 Å². The summed E-state index contributed by atoms with van der Waals surface area (Å²) in [5.74, 6) is -0.478. The third-order valence-electron chi connectivity index (χ3n) is 12.2. The van der Waals surface area contributed by atoms with Gasteiger partial charge in [-0.3, -0.25) is 9.59 Å². The minimum absolute atomic E-state index is 0.0227. The molecule has 0 aromatic heterocycles. The van der Waals surface area contributed by atoms with Gasteiger partial charge in [-0.2, -0.15) is 0 Å². The van der Waals surface area contributed by atoms with Crippen LogP contribution in [0.1, 0.15) is 179 Å². The van der Waals surface area contributed by atoms with Crippen molar-refractivity contribution >= 4 is 42.8 Å². The number of amides is 2. The van der Waals surface area contributed by atoms with Crippen LogP contribution in [0.3, 0.4) is 0 Å². The molecule has 0 aliphatic carbocycles. The Morgan fingerprint density at radius 3 is 1.55 bits per heavy atom. The van der Waals surface area contributed by atoms with Crippen LogP contribution in [0.15, 0.2) is 110 Å². The summed E-state index contributed by atoms with van der Waals surface area (Å²) < 4.78 is 29.7. The zero-order valence-corrected chi connectivity index (χ0v) is 48.1. The summed E-state index contributed by atoms with van der Waals surface area (Å²) in [5, 5.41) is 2.22. The highest BCUT2D eigenvalue weighted by Crippen LogP contribution is 2.37. The molecule has 408 valence electrons. The third kappa shape index (κ3) is 25.7. The van der Waals surface area contributed by atoms with Gasteiger partial charge in [-0.25, -0.2) is 9.59 Å². The molecule has 12 heteroatoms. The Labute approximate surface area is 443 Å². The topological polar surface area (TPSA) is 121 Å². The second-order valence-corrected chi connectivity index (χ2v) is 26.2. The molecule has 0 heterocycles. The molecule has 0 aliphatic rings. The first-order valence-electron chi connectivity index (χ1n) is 27.3. The highest BCUT2D eigenvalue weighted by Gasteiger charge is 2.50. The Balaban J connectivity index is 1.95. The number of hydrogen-bond acceptors (Lipinski definition) is 9. The van der Waals surface area contributed by atoms with Gasteiger partial charge in [0.25, 0.3) is 8.32 Å². The zero-order valence-electron chi connectivity index (χ0n) is 47.1. The smallest absolute Gasteiger partial charge is 0.410 e. The molecule has 0 fully saturated rings. The molecule has 2 aromatic rings. The van der Waals surface area contributed by atoms with Crippen molar-refractivity contribution in [1.29, 1.82) is 0 Å². The summed E-state index contributed by atoms with van der Waals surface area (Å²) >= 11 is 0. The monoisotopic (exact) mass is 1030 g/mol. The predicted octanol–water partition coefficient (Wildman–Crippen LogP) is 14.0. The zero-order chi connectivity index (χ0) is 54.2. The van der Waals surface area contributed by atoms with E-state index in [0.29, 0.717) is 32.4 Å². The van der Waals surface area contributed by atoms with Gasteiger partial charge < -0.3 is 33.2 Å². The molecule has 2 aromatic carbocycles. The number of carbonyl (C=O) groups excluding carboxylic acids is 4. The van der Waals surface area contributed by atoms with Crippen LogP contribution in [0.25, 0.3) is 0 Å². The fourth-order valence-corrected chi connectivity index (χ4v) is 13.4. The minimum Gasteiger partial charge on any atom is -0.464 e. The Morgan fingerprint density at radius 2 is 1.04 bits per heavy atom. The van der Waals surface area contributed by atoms with Gasteiger partial charge in [-0.1, -0.05) is 164 Å². The fraction of sp³-hybridized carbons (Fsp3) is 0.607. The van der Waals surface area contributed by atoms with Gasteiger partial charge in [0, 0.05) is 31.5 Å². The summed E-state index contributed by atoms with van der Waals surface area (Å²) in [6, 6.07) is 21.1. The summed E-state index contributed by atoms with van der Waals surface area (Å²) in [6.45, 7) is 27.3. The van der Waals surface area contributed by atoms with Crippen molar-refractivity contribution in [2.45, 2.75) is 207 Å². The van der Waals surface area contributed by atoms with Gasteiger partial charge in [0.15, 0.2) is 0 Å². The van der Waals surface area contributed by atoms with Gasteiger partial charge in [-0.15, -0.1) is 0 Å². The number of hydrogen-bond donors (Lipinski definition) is 0. The number of benzene rings is 2. The first kappa shape index (κ1) is 64.2. The van der Waals surface area contributed by atoms with Gasteiger partial charge >= 0.3 is 24.1 Å². The molecular weight excluding hydrogens is 933 g/mol. The molecule has 0 saturated carbocycles. The van der Waals surface area contributed by atoms with Crippen LogP contribution < -0.4 is 10.4 Å². The first-order chi connectivity index (χ1) is 34.7. The van der Waals surface area contributed by atoms with Crippen LogP contribution in [0.5, 0.6) is 0 Å². The molecule has 0 N–H and O–H groups in total. The lowest BCUT2D eigenvalue weighted by atomic mass is 10.0. The van der Waals surface area contributed by atoms with Crippen molar-refractivity contribution in [3.8, 4) is 0 Å². The number of rotatable bonds is 34. The van der Waals surface area contributed by atoms with Crippen molar-refractivity contribution in [2.24, 2.45) is 0 Å². The van der Waals surface area contributed by atoms with Gasteiger partial charge in [0.1, 0.15) is 24.4 Å². The highest BCUT2D eigenvalue weighted by molar-refractivity contribution is 6.99. The molecule has 0 spiro atoms. The van der Waals surface area contributed by atoms with E-state index < -0.39 is 19.5 Å². The Hall–Kier alpha value is -4.94. The van der Waals surface area contributed by atoms with Crippen LogP contribution in [0.2, 0.25) is 5.04 Å².